The van der Waals surface area contributed by atoms with E-state index >= 15 is 0 Å². The maximum atomic E-state index is 13.0. The summed E-state index contributed by atoms with van der Waals surface area (Å²) in [5.74, 6) is -0.206. The van der Waals surface area contributed by atoms with Gasteiger partial charge >= 0.3 is 5.97 Å². The number of carbonyl (C=O) groups is 2. The molecule has 0 aliphatic heterocycles. The number of fused-ring (bicyclic) bond motifs is 2. The lowest BCUT2D eigenvalue weighted by Crippen LogP contribution is -2.62. The van der Waals surface area contributed by atoms with Gasteiger partial charge in [-0.05, 0) is 55.3 Å². The van der Waals surface area contributed by atoms with Gasteiger partial charge in [-0.15, -0.1) is 11.6 Å². The van der Waals surface area contributed by atoms with E-state index in [4.69, 9.17) is 11.6 Å². The average Bonchev–Trinajstić information content (AvgIpc) is 3.10. The predicted octanol–water partition coefficient (Wildman–Crippen LogP) is 3.51. The zero-order valence-electron chi connectivity index (χ0n) is 15.7. The van der Waals surface area contributed by atoms with E-state index in [2.05, 4.69) is 13.0 Å². The molecule has 0 heterocycles. The highest BCUT2D eigenvalue weighted by Crippen LogP contribution is 2.83. The van der Waals surface area contributed by atoms with Gasteiger partial charge in [-0.25, -0.2) is 0 Å². The molecule has 5 heteroatoms. The van der Waals surface area contributed by atoms with E-state index in [1.54, 1.807) is 0 Å². The summed E-state index contributed by atoms with van der Waals surface area (Å²) in [5, 5.41) is 20.5. The number of aliphatic hydroxyl groups is 1. The number of aldehydes is 1. The number of hydrogen-bond acceptors (Lipinski definition) is 3. The Morgan fingerprint density at radius 3 is 2.65 bits per heavy atom. The number of allylic oxidation sites excluding steroid dienone is 1. The van der Waals surface area contributed by atoms with Crippen molar-refractivity contribution in [3.63, 3.8) is 0 Å². The second-order valence-electron chi connectivity index (χ2n) is 9.52. The van der Waals surface area contributed by atoms with Crippen molar-refractivity contribution in [1.29, 1.82) is 0 Å². The molecule has 0 saturated heterocycles. The minimum Gasteiger partial charge on any atom is -0.481 e. The van der Waals surface area contributed by atoms with Crippen LogP contribution in [-0.2, 0) is 9.59 Å². The second-order valence-corrected chi connectivity index (χ2v) is 10.1. The molecule has 3 saturated carbocycles. The van der Waals surface area contributed by atoms with Crippen molar-refractivity contribution in [2.45, 2.75) is 51.8 Å². The number of carboxylic acids is 1. The summed E-state index contributed by atoms with van der Waals surface area (Å²) in [7, 11) is 0. The Morgan fingerprint density at radius 1 is 1.42 bits per heavy atom. The van der Waals surface area contributed by atoms with Crippen molar-refractivity contribution in [3.8, 4) is 0 Å². The molecule has 3 fully saturated rings. The molecule has 0 radical (unpaired) electrons. The summed E-state index contributed by atoms with van der Waals surface area (Å²) in [5.41, 5.74) is -1.74. The molecule has 26 heavy (non-hydrogen) atoms. The maximum absolute atomic E-state index is 13.0. The highest BCUT2D eigenvalue weighted by Gasteiger charge is 2.84. The zero-order valence-corrected chi connectivity index (χ0v) is 16.5. The molecule has 4 bridgehead atoms. The molecular weight excluding hydrogens is 352 g/mol. The maximum Gasteiger partial charge on any atom is 0.315 e. The minimum absolute atomic E-state index is 0.0109. The molecular formula is C21H29ClO4. The van der Waals surface area contributed by atoms with E-state index in [9.17, 15) is 19.8 Å². The number of halogens is 1. The van der Waals surface area contributed by atoms with Crippen molar-refractivity contribution in [1.82, 2.24) is 0 Å². The molecule has 4 rings (SSSR count). The fourth-order valence-electron chi connectivity index (χ4n) is 7.97. The largest absolute Gasteiger partial charge is 0.481 e. The monoisotopic (exact) mass is 380 g/mol. The molecule has 4 nitrogen and oxygen atoms in total. The fraction of sp³-hybridized carbons (Fsp3) is 0.810. The third-order valence-electron chi connectivity index (χ3n) is 8.74. The van der Waals surface area contributed by atoms with Crippen LogP contribution in [0.4, 0.5) is 0 Å². The topological polar surface area (TPSA) is 74.6 Å². The van der Waals surface area contributed by atoms with Crippen molar-refractivity contribution in [2.24, 2.45) is 45.8 Å². The van der Waals surface area contributed by atoms with E-state index in [0.717, 1.165) is 18.3 Å². The van der Waals surface area contributed by atoms with Crippen LogP contribution in [0.3, 0.4) is 0 Å². The summed E-state index contributed by atoms with van der Waals surface area (Å²) in [4.78, 5) is 25.7. The third-order valence-corrected chi connectivity index (χ3v) is 9.32. The Morgan fingerprint density at radius 2 is 2.12 bits per heavy atom. The Labute approximate surface area is 160 Å². The molecule has 0 amide bonds. The Hall–Kier alpha value is -0.870. The Bertz CT molecular complexity index is 687. The molecule has 4 aliphatic rings. The number of hydrogen-bond donors (Lipinski definition) is 2. The smallest absolute Gasteiger partial charge is 0.315 e. The van der Waals surface area contributed by atoms with Crippen LogP contribution in [-0.4, -0.2) is 34.5 Å². The van der Waals surface area contributed by atoms with Crippen LogP contribution >= 0.6 is 11.6 Å². The van der Waals surface area contributed by atoms with Gasteiger partial charge in [-0.2, -0.15) is 0 Å². The number of aliphatic hydroxyl groups excluding tert-OH is 1. The van der Waals surface area contributed by atoms with Gasteiger partial charge in [0.1, 0.15) is 11.7 Å². The standard InChI is InChI=1S/C21H29ClO4/c1-11(2)15-6-13-8-20(10-24)16-7-17(22)12(3)14(16)9-19(13,4-5-23)21(15,20)18(25)26/h6,10-14,16-17,23H,4-5,7-9H2,1-3H3,(H,25,26)/t12?,13-,14?,16?,17?,19+,20-,21-/m0/s1. The van der Waals surface area contributed by atoms with Crippen molar-refractivity contribution in [2.75, 3.05) is 6.61 Å². The van der Waals surface area contributed by atoms with Crippen LogP contribution in [0.5, 0.6) is 0 Å². The van der Waals surface area contributed by atoms with Crippen LogP contribution < -0.4 is 0 Å². The quantitative estimate of drug-likeness (QED) is 0.435. The summed E-state index contributed by atoms with van der Waals surface area (Å²) in [6.07, 6.45) is 5.64. The normalized spacial score (nSPS) is 51.5. The molecule has 144 valence electrons. The molecule has 4 aliphatic carbocycles. The van der Waals surface area contributed by atoms with Crippen molar-refractivity contribution >= 4 is 23.9 Å². The first kappa shape index (κ1) is 18.5. The molecule has 0 aromatic rings. The minimum atomic E-state index is -1.19. The molecule has 2 N–H and O–H groups in total. The Balaban J connectivity index is 2.01. The summed E-state index contributed by atoms with van der Waals surface area (Å²) in [6, 6.07) is 0. The van der Waals surface area contributed by atoms with Crippen LogP contribution in [0.15, 0.2) is 11.6 Å². The summed E-state index contributed by atoms with van der Waals surface area (Å²) in [6.45, 7) is 6.15. The first-order valence-corrected chi connectivity index (χ1v) is 10.3. The number of alkyl halides is 1. The van der Waals surface area contributed by atoms with Crippen molar-refractivity contribution < 1.29 is 19.8 Å². The van der Waals surface area contributed by atoms with Crippen molar-refractivity contribution in [3.05, 3.63) is 11.6 Å². The van der Waals surface area contributed by atoms with E-state index < -0.39 is 22.2 Å². The first-order chi connectivity index (χ1) is 12.2. The Kier molecular flexibility index (Phi) is 3.96. The van der Waals surface area contributed by atoms with E-state index in [0.29, 0.717) is 19.3 Å². The van der Waals surface area contributed by atoms with E-state index in [-0.39, 0.29) is 41.6 Å². The van der Waals surface area contributed by atoms with Gasteiger partial charge in [0.2, 0.25) is 0 Å². The lowest BCUT2D eigenvalue weighted by atomic mass is 9.42. The zero-order chi connectivity index (χ0) is 19.1. The molecule has 0 aromatic carbocycles. The van der Waals surface area contributed by atoms with Gasteiger partial charge in [0.05, 0.1) is 5.41 Å². The van der Waals surface area contributed by atoms with Crippen LogP contribution in [0.25, 0.3) is 0 Å². The highest BCUT2D eigenvalue weighted by atomic mass is 35.5. The number of aliphatic carboxylic acids is 1. The predicted molar refractivity (Wildman–Crippen MR) is 98.7 cm³/mol. The number of carboxylic acid groups (broad SMARTS) is 1. The van der Waals surface area contributed by atoms with Crippen LogP contribution in [0.1, 0.15) is 46.5 Å². The SMILES string of the molecule is CC(C)C1=C[C@H]2C[C@]3(C=O)C4CC(Cl)C(C)C4C[C@@]2(CCO)[C@@]13C(=O)O. The van der Waals surface area contributed by atoms with E-state index in [1.807, 2.05) is 13.8 Å². The van der Waals surface area contributed by atoms with Crippen LogP contribution in [0.2, 0.25) is 0 Å². The highest BCUT2D eigenvalue weighted by molar-refractivity contribution is 6.21. The third kappa shape index (κ3) is 1.68. The summed E-state index contributed by atoms with van der Waals surface area (Å²) < 4.78 is 0. The average molecular weight is 381 g/mol. The lowest BCUT2D eigenvalue weighted by Gasteiger charge is -2.58. The van der Waals surface area contributed by atoms with Crippen LogP contribution in [0, 0.1) is 45.8 Å². The first-order valence-electron chi connectivity index (χ1n) is 9.90. The molecule has 4 unspecified atom stereocenters. The molecule has 0 aromatic heterocycles. The van der Waals surface area contributed by atoms with Gasteiger partial charge in [0.15, 0.2) is 0 Å². The lowest BCUT2D eigenvalue weighted by molar-refractivity contribution is -0.181. The van der Waals surface area contributed by atoms with Gasteiger partial charge < -0.3 is 15.0 Å². The molecule has 8 atom stereocenters. The van der Waals surface area contributed by atoms with Gasteiger partial charge in [-0.1, -0.05) is 32.4 Å². The van der Waals surface area contributed by atoms with Gasteiger partial charge in [-0.3, -0.25) is 4.79 Å². The number of rotatable bonds is 5. The number of carbonyl (C=O) groups excluding carboxylic acids is 1. The van der Waals surface area contributed by atoms with E-state index in [1.165, 1.54) is 0 Å². The van der Waals surface area contributed by atoms with Gasteiger partial charge in [0, 0.05) is 17.4 Å². The fourth-order valence-corrected chi connectivity index (χ4v) is 8.35. The summed E-state index contributed by atoms with van der Waals surface area (Å²) >= 11 is 6.61. The molecule has 0 spiro atoms. The second kappa shape index (κ2) is 5.57. The van der Waals surface area contributed by atoms with Gasteiger partial charge in [0.25, 0.3) is 0 Å².